The van der Waals surface area contributed by atoms with Gasteiger partial charge in [0.05, 0.1) is 11.3 Å². The lowest BCUT2D eigenvalue weighted by Crippen LogP contribution is -2.19. The number of aromatic nitrogens is 2. The summed E-state index contributed by atoms with van der Waals surface area (Å²) in [6.45, 7) is -0.394. The minimum absolute atomic E-state index is 0.00437. The van der Waals surface area contributed by atoms with Crippen molar-refractivity contribution in [1.29, 1.82) is 0 Å². The van der Waals surface area contributed by atoms with Crippen molar-refractivity contribution in [2.45, 2.75) is 12.7 Å². The van der Waals surface area contributed by atoms with Gasteiger partial charge in [-0.15, -0.1) is 0 Å². The topological polar surface area (TPSA) is 99.3 Å². The Morgan fingerprint density at radius 1 is 1.23 bits per heavy atom. The van der Waals surface area contributed by atoms with E-state index in [1.807, 2.05) is 0 Å². The second kappa shape index (κ2) is 8.53. The summed E-state index contributed by atoms with van der Waals surface area (Å²) in [5, 5.41) is 13.0. The standard InChI is InChI=1S/C18H12BrF3N4O4/c19-12-2-4-13(5-3-12)30-15-6-1-11(18(20,21)22)7-14(15)24-17(27)9-25-8-16(23-10-25)26(28)29/h1-8,10H,9H2,(H,24,27). The third kappa shape index (κ3) is 5.35. The third-order valence-corrected chi connectivity index (χ3v) is 4.28. The number of nitrogens with one attached hydrogen (secondary N) is 1. The van der Waals surface area contributed by atoms with Gasteiger partial charge in [0.15, 0.2) is 5.75 Å². The normalized spacial score (nSPS) is 11.2. The number of nitrogens with zero attached hydrogens (tertiary/aromatic N) is 3. The highest BCUT2D eigenvalue weighted by molar-refractivity contribution is 9.10. The van der Waals surface area contributed by atoms with E-state index in [4.69, 9.17) is 4.74 Å². The summed E-state index contributed by atoms with van der Waals surface area (Å²) in [5.41, 5.74) is -1.17. The zero-order valence-electron chi connectivity index (χ0n) is 14.9. The molecule has 0 radical (unpaired) electrons. The summed E-state index contributed by atoms with van der Waals surface area (Å²) in [6, 6.07) is 9.25. The van der Waals surface area contributed by atoms with Gasteiger partial charge in [-0.25, -0.2) is 0 Å². The summed E-state index contributed by atoms with van der Waals surface area (Å²) >= 11 is 3.26. The molecule has 0 saturated heterocycles. The molecular formula is C18H12BrF3N4O4. The molecule has 3 rings (SSSR count). The van der Waals surface area contributed by atoms with Crippen LogP contribution in [0.2, 0.25) is 0 Å². The Morgan fingerprint density at radius 3 is 2.53 bits per heavy atom. The smallest absolute Gasteiger partial charge is 0.416 e. The molecule has 1 heterocycles. The van der Waals surface area contributed by atoms with E-state index in [-0.39, 0.29) is 11.4 Å². The largest absolute Gasteiger partial charge is 0.455 e. The molecule has 0 fully saturated rings. The van der Waals surface area contributed by atoms with Crippen molar-refractivity contribution in [3.05, 3.63) is 75.1 Å². The van der Waals surface area contributed by atoms with Crippen molar-refractivity contribution in [3.8, 4) is 11.5 Å². The summed E-state index contributed by atoms with van der Waals surface area (Å²) < 4.78 is 46.8. The molecule has 8 nitrogen and oxygen atoms in total. The number of benzene rings is 2. The number of hydrogen-bond donors (Lipinski definition) is 1. The van der Waals surface area contributed by atoms with Gasteiger partial charge in [0.1, 0.15) is 18.5 Å². The van der Waals surface area contributed by atoms with Crippen LogP contribution in [-0.2, 0) is 17.5 Å². The van der Waals surface area contributed by atoms with E-state index < -0.39 is 34.9 Å². The van der Waals surface area contributed by atoms with Gasteiger partial charge in [-0.2, -0.15) is 13.2 Å². The van der Waals surface area contributed by atoms with Gasteiger partial charge in [-0.1, -0.05) is 15.9 Å². The van der Waals surface area contributed by atoms with Crippen molar-refractivity contribution in [2.24, 2.45) is 0 Å². The number of halogens is 4. The van der Waals surface area contributed by atoms with E-state index in [1.165, 1.54) is 0 Å². The van der Waals surface area contributed by atoms with Crippen LogP contribution < -0.4 is 10.1 Å². The average molecular weight is 485 g/mol. The molecule has 1 aromatic heterocycles. The molecule has 0 spiro atoms. The van der Waals surface area contributed by atoms with Crippen molar-refractivity contribution in [3.63, 3.8) is 0 Å². The Labute approximate surface area is 175 Å². The number of alkyl halides is 3. The molecule has 0 saturated carbocycles. The Bertz CT molecular complexity index is 1080. The second-order valence-electron chi connectivity index (χ2n) is 5.97. The number of ether oxygens (including phenoxy) is 1. The monoisotopic (exact) mass is 484 g/mol. The molecule has 1 amide bonds. The molecule has 0 aliphatic heterocycles. The first-order valence-electron chi connectivity index (χ1n) is 8.22. The Balaban J connectivity index is 1.84. The van der Waals surface area contributed by atoms with E-state index in [2.05, 4.69) is 26.2 Å². The summed E-state index contributed by atoms with van der Waals surface area (Å²) in [5.74, 6) is -0.836. The molecule has 12 heteroatoms. The Kier molecular flexibility index (Phi) is 6.06. The number of hydrogen-bond acceptors (Lipinski definition) is 5. The predicted molar refractivity (Wildman–Crippen MR) is 103 cm³/mol. The SMILES string of the molecule is O=C(Cn1cnc([N+](=O)[O-])c1)Nc1cc(C(F)(F)F)ccc1Oc1ccc(Br)cc1. The lowest BCUT2D eigenvalue weighted by molar-refractivity contribution is -0.389. The highest BCUT2D eigenvalue weighted by atomic mass is 79.9. The molecule has 0 unspecified atom stereocenters. The molecule has 3 aromatic rings. The van der Waals surface area contributed by atoms with Crippen LogP contribution in [0.5, 0.6) is 11.5 Å². The van der Waals surface area contributed by atoms with Crippen LogP contribution in [0.15, 0.2) is 59.5 Å². The average Bonchev–Trinajstić information content (AvgIpc) is 3.12. The fourth-order valence-electron chi connectivity index (χ4n) is 2.41. The quantitative estimate of drug-likeness (QED) is 0.391. The number of nitro groups is 1. The lowest BCUT2D eigenvalue weighted by Gasteiger charge is -2.15. The first-order valence-corrected chi connectivity index (χ1v) is 9.02. The first kappa shape index (κ1) is 21.3. The number of rotatable bonds is 6. The molecule has 0 atom stereocenters. The van der Waals surface area contributed by atoms with Crippen LogP contribution >= 0.6 is 15.9 Å². The molecule has 30 heavy (non-hydrogen) atoms. The van der Waals surface area contributed by atoms with Crippen LogP contribution in [0, 0.1) is 10.1 Å². The van der Waals surface area contributed by atoms with Gasteiger partial charge in [-0.3, -0.25) is 4.79 Å². The Morgan fingerprint density at radius 2 is 1.93 bits per heavy atom. The summed E-state index contributed by atoms with van der Waals surface area (Å²) in [7, 11) is 0. The van der Waals surface area contributed by atoms with Crippen LogP contribution in [0.1, 0.15) is 5.56 Å². The fourth-order valence-corrected chi connectivity index (χ4v) is 2.67. The maximum Gasteiger partial charge on any atom is 0.416 e. The number of carbonyl (C=O) groups is 1. The maximum atomic E-state index is 13.1. The predicted octanol–water partition coefficient (Wildman–Crippen LogP) is 5.00. The maximum absolute atomic E-state index is 13.1. The van der Waals surface area contributed by atoms with Crippen molar-refractivity contribution >= 4 is 33.3 Å². The Hall–Kier alpha value is -3.41. The molecule has 0 aliphatic carbocycles. The number of carbonyl (C=O) groups excluding carboxylic acids is 1. The minimum atomic E-state index is -4.62. The van der Waals surface area contributed by atoms with Gasteiger partial charge in [0.2, 0.25) is 12.2 Å². The first-order chi connectivity index (χ1) is 14.1. The van der Waals surface area contributed by atoms with E-state index in [1.54, 1.807) is 24.3 Å². The van der Waals surface area contributed by atoms with Gasteiger partial charge in [-0.05, 0) is 52.4 Å². The van der Waals surface area contributed by atoms with E-state index in [0.29, 0.717) is 5.75 Å². The second-order valence-corrected chi connectivity index (χ2v) is 6.89. The number of imidazole rings is 1. The van der Waals surface area contributed by atoms with Gasteiger partial charge < -0.3 is 24.7 Å². The molecule has 2 aromatic carbocycles. The molecular weight excluding hydrogens is 473 g/mol. The zero-order chi connectivity index (χ0) is 21.9. The highest BCUT2D eigenvalue weighted by Gasteiger charge is 2.31. The van der Waals surface area contributed by atoms with E-state index in [0.717, 1.165) is 39.8 Å². The summed E-state index contributed by atoms with van der Waals surface area (Å²) in [4.78, 5) is 25.7. The lowest BCUT2D eigenvalue weighted by atomic mass is 10.1. The van der Waals surface area contributed by atoms with Gasteiger partial charge in [0.25, 0.3) is 0 Å². The fraction of sp³-hybridized carbons (Fsp3) is 0.111. The van der Waals surface area contributed by atoms with Crippen LogP contribution in [0.3, 0.4) is 0 Å². The number of amides is 1. The zero-order valence-corrected chi connectivity index (χ0v) is 16.5. The van der Waals surface area contributed by atoms with Crippen molar-refractivity contribution in [2.75, 3.05) is 5.32 Å². The van der Waals surface area contributed by atoms with Crippen LogP contribution in [0.4, 0.5) is 24.7 Å². The summed E-state index contributed by atoms with van der Waals surface area (Å²) in [6.07, 6.45) is -2.52. The molecule has 0 aliphatic rings. The van der Waals surface area contributed by atoms with E-state index in [9.17, 15) is 28.1 Å². The molecule has 0 bridgehead atoms. The van der Waals surface area contributed by atoms with E-state index >= 15 is 0 Å². The highest BCUT2D eigenvalue weighted by Crippen LogP contribution is 2.37. The van der Waals surface area contributed by atoms with Crippen molar-refractivity contribution in [1.82, 2.24) is 9.55 Å². The molecule has 1 N–H and O–H groups in total. The van der Waals surface area contributed by atoms with Crippen LogP contribution in [0.25, 0.3) is 0 Å². The number of anilines is 1. The van der Waals surface area contributed by atoms with Crippen LogP contribution in [-0.4, -0.2) is 20.4 Å². The molecule has 156 valence electrons. The van der Waals surface area contributed by atoms with Gasteiger partial charge >= 0.3 is 12.0 Å². The minimum Gasteiger partial charge on any atom is -0.455 e. The van der Waals surface area contributed by atoms with Crippen molar-refractivity contribution < 1.29 is 27.6 Å². The van der Waals surface area contributed by atoms with Gasteiger partial charge in [0, 0.05) is 4.47 Å². The third-order valence-electron chi connectivity index (χ3n) is 3.76.